The van der Waals surface area contributed by atoms with Gasteiger partial charge in [0.25, 0.3) is 0 Å². The van der Waals surface area contributed by atoms with Crippen LogP contribution in [0.1, 0.15) is 58.3 Å². The third-order valence-corrected chi connectivity index (χ3v) is 4.13. The molecule has 3 nitrogen and oxygen atoms in total. The molecule has 1 aromatic carbocycles. The molecule has 0 radical (unpaired) electrons. The van der Waals surface area contributed by atoms with E-state index in [-0.39, 0.29) is 5.91 Å². The Bertz CT molecular complexity index is 439. The van der Waals surface area contributed by atoms with Gasteiger partial charge < -0.3 is 10.1 Å². The Hall–Kier alpha value is -1.51. The van der Waals surface area contributed by atoms with Crippen LogP contribution in [0, 0.1) is 5.92 Å². The minimum absolute atomic E-state index is 0.105. The summed E-state index contributed by atoms with van der Waals surface area (Å²) < 4.78 is 5.67. The molecule has 0 bridgehead atoms. The Balaban J connectivity index is 1.81. The van der Waals surface area contributed by atoms with Gasteiger partial charge in [0.05, 0.1) is 12.3 Å². The first-order valence-electron chi connectivity index (χ1n) is 8.31. The van der Waals surface area contributed by atoms with Crippen molar-refractivity contribution in [3.63, 3.8) is 0 Å². The highest BCUT2D eigenvalue weighted by atomic mass is 16.5. The number of rotatable bonds is 7. The Kier molecular flexibility index (Phi) is 6.58. The first kappa shape index (κ1) is 15.9. The Labute approximate surface area is 128 Å². The van der Waals surface area contributed by atoms with Crippen molar-refractivity contribution in [2.45, 2.75) is 58.3 Å². The zero-order valence-electron chi connectivity index (χ0n) is 13.1. The maximum atomic E-state index is 12.1. The zero-order chi connectivity index (χ0) is 14.9. The zero-order valence-corrected chi connectivity index (χ0v) is 13.1. The van der Waals surface area contributed by atoms with E-state index in [1.54, 1.807) is 0 Å². The third-order valence-electron chi connectivity index (χ3n) is 4.13. The van der Waals surface area contributed by atoms with Gasteiger partial charge in [-0.05, 0) is 30.9 Å². The van der Waals surface area contributed by atoms with Gasteiger partial charge >= 0.3 is 0 Å². The molecule has 3 heteroatoms. The van der Waals surface area contributed by atoms with Crippen molar-refractivity contribution in [2.75, 3.05) is 11.9 Å². The highest BCUT2D eigenvalue weighted by molar-refractivity contribution is 5.92. The number of hydrogen-bond donors (Lipinski definition) is 1. The van der Waals surface area contributed by atoms with Crippen molar-refractivity contribution in [1.82, 2.24) is 0 Å². The van der Waals surface area contributed by atoms with Gasteiger partial charge in [-0.1, -0.05) is 51.2 Å². The van der Waals surface area contributed by atoms with Crippen molar-refractivity contribution >= 4 is 11.6 Å². The molecule has 116 valence electrons. The van der Waals surface area contributed by atoms with E-state index in [9.17, 15) is 4.79 Å². The molecule has 1 fully saturated rings. The monoisotopic (exact) mass is 289 g/mol. The molecule has 1 N–H and O–H groups in total. The predicted molar refractivity (Wildman–Crippen MR) is 86.7 cm³/mol. The van der Waals surface area contributed by atoms with Gasteiger partial charge in [0, 0.05) is 6.42 Å². The quantitative estimate of drug-likeness (QED) is 0.785. The van der Waals surface area contributed by atoms with Crippen LogP contribution in [-0.2, 0) is 4.79 Å². The molecule has 1 aromatic rings. The summed E-state index contributed by atoms with van der Waals surface area (Å²) >= 11 is 0. The second kappa shape index (κ2) is 8.71. The van der Waals surface area contributed by atoms with Gasteiger partial charge in [0.15, 0.2) is 0 Å². The second-order valence-electron chi connectivity index (χ2n) is 5.94. The lowest BCUT2D eigenvalue weighted by atomic mass is 9.86. The number of anilines is 1. The van der Waals surface area contributed by atoms with E-state index in [2.05, 4.69) is 12.2 Å². The SMILES string of the molecule is CCCOc1ccccc1NC(=O)CCC1CCCCC1. The standard InChI is InChI=1S/C18H27NO2/c1-2-14-21-17-11-7-6-10-16(17)19-18(20)13-12-15-8-4-3-5-9-15/h6-7,10-11,15H,2-5,8-9,12-14H2,1H3,(H,19,20). The fourth-order valence-corrected chi connectivity index (χ4v) is 2.93. The number of amides is 1. The average molecular weight is 289 g/mol. The second-order valence-corrected chi connectivity index (χ2v) is 5.94. The van der Waals surface area contributed by atoms with Gasteiger partial charge in [-0.3, -0.25) is 4.79 Å². The van der Waals surface area contributed by atoms with Crippen LogP contribution >= 0.6 is 0 Å². The smallest absolute Gasteiger partial charge is 0.224 e. The van der Waals surface area contributed by atoms with Gasteiger partial charge in [-0.2, -0.15) is 0 Å². The normalized spacial score (nSPS) is 15.7. The largest absolute Gasteiger partial charge is 0.491 e. The molecule has 21 heavy (non-hydrogen) atoms. The number of ether oxygens (including phenoxy) is 1. The minimum Gasteiger partial charge on any atom is -0.491 e. The van der Waals surface area contributed by atoms with Gasteiger partial charge in [-0.25, -0.2) is 0 Å². The molecule has 0 atom stereocenters. The van der Waals surface area contributed by atoms with Crippen LogP contribution < -0.4 is 10.1 Å². The molecule has 0 aromatic heterocycles. The summed E-state index contributed by atoms with van der Waals surface area (Å²) in [4.78, 5) is 12.1. The van der Waals surface area contributed by atoms with Crippen LogP contribution in [0.4, 0.5) is 5.69 Å². The van der Waals surface area contributed by atoms with Crippen molar-refractivity contribution in [2.24, 2.45) is 5.92 Å². The summed E-state index contributed by atoms with van der Waals surface area (Å²) in [5.41, 5.74) is 0.791. The van der Waals surface area contributed by atoms with Crippen LogP contribution in [-0.4, -0.2) is 12.5 Å². The van der Waals surface area contributed by atoms with E-state index in [0.29, 0.717) is 13.0 Å². The van der Waals surface area contributed by atoms with Crippen molar-refractivity contribution < 1.29 is 9.53 Å². The summed E-state index contributed by atoms with van der Waals surface area (Å²) in [6.45, 7) is 2.75. The highest BCUT2D eigenvalue weighted by Gasteiger charge is 2.15. The first-order chi connectivity index (χ1) is 10.3. The molecular weight excluding hydrogens is 262 g/mol. The molecule has 2 rings (SSSR count). The number of nitrogens with one attached hydrogen (secondary N) is 1. The molecule has 1 amide bonds. The third kappa shape index (κ3) is 5.41. The molecule has 0 unspecified atom stereocenters. The molecule has 0 heterocycles. The van der Waals surface area contributed by atoms with Gasteiger partial charge in [0.1, 0.15) is 5.75 Å². The summed E-state index contributed by atoms with van der Waals surface area (Å²) in [5.74, 6) is 1.62. The number of hydrogen-bond acceptors (Lipinski definition) is 2. The fourth-order valence-electron chi connectivity index (χ4n) is 2.93. The van der Waals surface area contributed by atoms with E-state index in [1.165, 1.54) is 32.1 Å². The van der Waals surface area contributed by atoms with Crippen LogP contribution in [0.5, 0.6) is 5.75 Å². The molecule has 0 saturated heterocycles. The summed E-state index contributed by atoms with van der Waals surface area (Å²) in [6.07, 6.45) is 9.22. The number of benzene rings is 1. The topological polar surface area (TPSA) is 38.3 Å². The Morgan fingerprint density at radius 1 is 1.24 bits per heavy atom. The molecule has 1 aliphatic carbocycles. The van der Waals surface area contributed by atoms with Crippen molar-refractivity contribution in [1.29, 1.82) is 0 Å². The summed E-state index contributed by atoms with van der Waals surface area (Å²) in [6, 6.07) is 7.67. The van der Waals surface area contributed by atoms with E-state index >= 15 is 0 Å². The van der Waals surface area contributed by atoms with Crippen molar-refractivity contribution in [3.05, 3.63) is 24.3 Å². The maximum absolute atomic E-state index is 12.1. The fraction of sp³-hybridized carbons (Fsp3) is 0.611. The van der Waals surface area contributed by atoms with Crippen LogP contribution in [0.3, 0.4) is 0 Å². The van der Waals surface area contributed by atoms with E-state index in [0.717, 1.165) is 30.2 Å². The maximum Gasteiger partial charge on any atom is 0.224 e. The first-order valence-corrected chi connectivity index (χ1v) is 8.31. The number of carbonyl (C=O) groups is 1. The lowest BCUT2D eigenvalue weighted by Gasteiger charge is -2.21. The summed E-state index contributed by atoms with van der Waals surface area (Å²) in [7, 11) is 0. The number of para-hydroxylation sites is 2. The number of carbonyl (C=O) groups excluding carboxylic acids is 1. The predicted octanol–water partition coefficient (Wildman–Crippen LogP) is 4.77. The Morgan fingerprint density at radius 2 is 2.00 bits per heavy atom. The van der Waals surface area contributed by atoms with Gasteiger partial charge in [0.2, 0.25) is 5.91 Å². The molecule has 1 aliphatic rings. The van der Waals surface area contributed by atoms with E-state index < -0.39 is 0 Å². The summed E-state index contributed by atoms with van der Waals surface area (Å²) in [5, 5.41) is 3.00. The molecule has 1 saturated carbocycles. The van der Waals surface area contributed by atoms with E-state index in [4.69, 9.17) is 4.74 Å². The molecule has 0 spiro atoms. The van der Waals surface area contributed by atoms with E-state index in [1.807, 2.05) is 24.3 Å². The van der Waals surface area contributed by atoms with Gasteiger partial charge in [-0.15, -0.1) is 0 Å². The van der Waals surface area contributed by atoms with Crippen LogP contribution in [0.15, 0.2) is 24.3 Å². The van der Waals surface area contributed by atoms with Crippen molar-refractivity contribution in [3.8, 4) is 5.75 Å². The van der Waals surface area contributed by atoms with Crippen LogP contribution in [0.2, 0.25) is 0 Å². The highest BCUT2D eigenvalue weighted by Crippen LogP contribution is 2.28. The molecule has 0 aliphatic heterocycles. The van der Waals surface area contributed by atoms with Crippen LogP contribution in [0.25, 0.3) is 0 Å². The Morgan fingerprint density at radius 3 is 2.76 bits per heavy atom. The molecular formula is C18H27NO2. The average Bonchev–Trinajstić information content (AvgIpc) is 2.53. The lowest BCUT2D eigenvalue weighted by Crippen LogP contribution is -2.15. The lowest BCUT2D eigenvalue weighted by molar-refractivity contribution is -0.116. The minimum atomic E-state index is 0.105.